The molecule has 1 aliphatic rings. The molecule has 7 heteroatoms. The minimum atomic E-state index is -3.51. The Labute approximate surface area is 186 Å². The van der Waals surface area contributed by atoms with E-state index in [4.69, 9.17) is 0 Å². The number of amides is 1. The zero-order valence-corrected chi connectivity index (χ0v) is 19.2. The van der Waals surface area contributed by atoms with Crippen LogP contribution in [0.4, 0.5) is 0 Å². The molecule has 1 atom stereocenters. The number of hydrogen-bond acceptors (Lipinski definition) is 4. The first kappa shape index (κ1) is 23.4. The van der Waals surface area contributed by atoms with E-state index >= 15 is 0 Å². The fraction of sp³-hybridized carbons (Fsp3) is 0.458. The lowest BCUT2D eigenvalue weighted by molar-refractivity contribution is -0.122. The summed E-state index contributed by atoms with van der Waals surface area (Å²) in [5.41, 5.74) is 3.52. The van der Waals surface area contributed by atoms with E-state index in [-0.39, 0.29) is 11.8 Å². The van der Waals surface area contributed by atoms with Gasteiger partial charge in [-0.2, -0.15) is 0 Å². The largest absolute Gasteiger partial charge is 0.355 e. The zero-order valence-electron chi connectivity index (χ0n) is 18.4. The average molecular weight is 444 g/mol. The minimum absolute atomic E-state index is 0.0227. The summed E-state index contributed by atoms with van der Waals surface area (Å²) in [6, 6.07) is 15.1. The van der Waals surface area contributed by atoms with Crippen LogP contribution in [0, 0.1) is 19.8 Å². The third-order valence-corrected chi connectivity index (χ3v) is 7.28. The normalized spacial score (nSPS) is 17.4. The van der Waals surface area contributed by atoms with Crippen molar-refractivity contribution in [2.45, 2.75) is 38.0 Å². The maximum Gasteiger partial charge on any atom is 0.240 e. The SMILES string of the molecule is Cc1ccc(S(=O)(=O)NCC2CCCN(CC(=O)NCCc3ccccc3C)C2)cc1. The first-order chi connectivity index (χ1) is 14.8. The Balaban J connectivity index is 1.42. The van der Waals surface area contributed by atoms with Crippen LogP contribution in [0.3, 0.4) is 0 Å². The summed E-state index contributed by atoms with van der Waals surface area (Å²) < 4.78 is 27.8. The molecule has 2 aromatic rings. The number of benzene rings is 2. The van der Waals surface area contributed by atoms with E-state index in [1.165, 1.54) is 11.1 Å². The molecule has 2 N–H and O–H groups in total. The highest BCUT2D eigenvalue weighted by Gasteiger charge is 2.23. The van der Waals surface area contributed by atoms with Crippen LogP contribution in [-0.4, -0.2) is 51.9 Å². The monoisotopic (exact) mass is 443 g/mol. The van der Waals surface area contributed by atoms with Gasteiger partial charge in [-0.3, -0.25) is 9.69 Å². The van der Waals surface area contributed by atoms with E-state index in [9.17, 15) is 13.2 Å². The smallest absolute Gasteiger partial charge is 0.240 e. The lowest BCUT2D eigenvalue weighted by Crippen LogP contribution is -2.45. The van der Waals surface area contributed by atoms with Crippen molar-refractivity contribution in [1.29, 1.82) is 0 Å². The Morgan fingerprint density at radius 1 is 1.10 bits per heavy atom. The Bertz CT molecular complexity index is 974. The second kappa shape index (κ2) is 10.9. The van der Waals surface area contributed by atoms with Crippen LogP contribution in [-0.2, 0) is 21.2 Å². The summed E-state index contributed by atoms with van der Waals surface area (Å²) in [6.07, 6.45) is 2.75. The Hall–Kier alpha value is -2.22. The summed E-state index contributed by atoms with van der Waals surface area (Å²) in [4.78, 5) is 14.8. The summed E-state index contributed by atoms with van der Waals surface area (Å²) >= 11 is 0. The number of sulfonamides is 1. The van der Waals surface area contributed by atoms with Gasteiger partial charge >= 0.3 is 0 Å². The van der Waals surface area contributed by atoms with Crippen LogP contribution < -0.4 is 10.0 Å². The van der Waals surface area contributed by atoms with Crippen LogP contribution in [0.2, 0.25) is 0 Å². The third-order valence-electron chi connectivity index (χ3n) is 5.84. The van der Waals surface area contributed by atoms with E-state index in [0.717, 1.165) is 37.9 Å². The molecule has 6 nitrogen and oxygen atoms in total. The molecule has 0 spiro atoms. The van der Waals surface area contributed by atoms with Gasteiger partial charge in [-0.05, 0) is 68.8 Å². The molecule has 1 heterocycles. The predicted molar refractivity (Wildman–Crippen MR) is 123 cm³/mol. The first-order valence-electron chi connectivity index (χ1n) is 10.9. The number of carbonyl (C=O) groups excluding carboxylic acids is 1. The van der Waals surface area contributed by atoms with Crippen molar-refractivity contribution < 1.29 is 13.2 Å². The molecule has 1 aliphatic heterocycles. The highest BCUT2D eigenvalue weighted by Crippen LogP contribution is 2.17. The fourth-order valence-electron chi connectivity index (χ4n) is 3.98. The number of piperidine rings is 1. The fourth-order valence-corrected chi connectivity index (χ4v) is 5.09. The van der Waals surface area contributed by atoms with Crippen molar-refractivity contribution in [3.8, 4) is 0 Å². The van der Waals surface area contributed by atoms with Crippen LogP contribution in [0.5, 0.6) is 0 Å². The highest BCUT2D eigenvalue weighted by atomic mass is 32.2. The molecule has 3 rings (SSSR count). The molecule has 1 unspecified atom stereocenters. The average Bonchev–Trinajstić information content (AvgIpc) is 2.74. The molecule has 1 saturated heterocycles. The van der Waals surface area contributed by atoms with E-state index in [1.807, 2.05) is 19.1 Å². The predicted octanol–water partition coefficient (Wildman–Crippen LogP) is 2.65. The van der Waals surface area contributed by atoms with Crippen molar-refractivity contribution in [2.24, 2.45) is 5.92 Å². The molecule has 0 aromatic heterocycles. The highest BCUT2D eigenvalue weighted by molar-refractivity contribution is 7.89. The van der Waals surface area contributed by atoms with E-state index in [2.05, 4.69) is 34.0 Å². The van der Waals surface area contributed by atoms with E-state index in [1.54, 1.807) is 24.3 Å². The minimum Gasteiger partial charge on any atom is -0.355 e. The van der Waals surface area contributed by atoms with Gasteiger partial charge in [-0.25, -0.2) is 13.1 Å². The molecule has 2 aromatic carbocycles. The molecule has 0 radical (unpaired) electrons. The Morgan fingerprint density at radius 3 is 2.58 bits per heavy atom. The molecule has 0 saturated carbocycles. The molecular weight excluding hydrogens is 410 g/mol. The van der Waals surface area contributed by atoms with Crippen LogP contribution in [0.15, 0.2) is 53.4 Å². The first-order valence-corrected chi connectivity index (χ1v) is 12.4. The maximum atomic E-state index is 12.5. The van der Waals surface area contributed by atoms with Crippen molar-refractivity contribution >= 4 is 15.9 Å². The number of carbonyl (C=O) groups is 1. The Morgan fingerprint density at radius 2 is 1.84 bits per heavy atom. The molecule has 0 bridgehead atoms. The van der Waals surface area contributed by atoms with Gasteiger partial charge < -0.3 is 5.32 Å². The molecule has 0 aliphatic carbocycles. The standard InChI is InChI=1S/C24H33N3O3S/c1-19-9-11-23(12-10-19)31(29,30)26-16-21-7-5-15-27(17-21)18-24(28)25-14-13-22-8-4-3-6-20(22)2/h3-4,6,8-12,21,26H,5,7,13-18H2,1-2H3,(H,25,28). The van der Waals surface area contributed by atoms with Gasteiger partial charge in [0.2, 0.25) is 15.9 Å². The summed E-state index contributed by atoms with van der Waals surface area (Å²) in [5.74, 6) is 0.225. The summed E-state index contributed by atoms with van der Waals surface area (Å²) in [7, 11) is -3.51. The van der Waals surface area contributed by atoms with Crippen molar-refractivity contribution in [3.63, 3.8) is 0 Å². The van der Waals surface area contributed by atoms with Gasteiger partial charge in [-0.15, -0.1) is 0 Å². The number of nitrogens with one attached hydrogen (secondary N) is 2. The molecule has 31 heavy (non-hydrogen) atoms. The van der Waals surface area contributed by atoms with Crippen molar-refractivity contribution in [2.75, 3.05) is 32.7 Å². The number of hydrogen-bond donors (Lipinski definition) is 2. The number of likely N-dealkylation sites (tertiary alicyclic amines) is 1. The van der Waals surface area contributed by atoms with Gasteiger partial charge in [0.15, 0.2) is 0 Å². The molecular formula is C24H33N3O3S. The van der Waals surface area contributed by atoms with Gasteiger partial charge in [0, 0.05) is 19.6 Å². The van der Waals surface area contributed by atoms with Crippen molar-refractivity contribution in [3.05, 3.63) is 65.2 Å². The summed E-state index contributed by atoms with van der Waals surface area (Å²) in [5, 5.41) is 3.01. The van der Waals surface area contributed by atoms with Gasteiger partial charge in [0.1, 0.15) is 0 Å². The number of aryl methyl sites for hydroxylation is 2. The lowest BCUT2D eigenvalue weighted by Gasteiger charge is -2.32. The quantitative estimate of drug-likeness (QED) is 0.625. The number of rotatable bonds is 9. The van der Waals surface area contributed by atoms with Gasteiger partial charge in [0.05, 0.1) is 11.4 Å². The lowest BCUT2D eigenvalue weighted by atomic mass is 9.98. The maximum absolute atomic E-state index is 12.5. The molecule has 1 amide bonds. The second-order valence-electron chi connectivity index (χ2n) is 8.43. The van der Waals surface area contributed by atoms with E-state index in [0.29, 0.717) is 24.5 Å². The van der Waals surface area contributed by atoms with Crippen molar-refractivity contribution in [1.82, 2.24) is 14.9 Å². The molecule has 1 fully saturated rings. The van der Waals surface area contributed by atoms with Crippen LogP contribution in [0.1, 0.15) is 29.5 Å². The number of nitrogens with zero attached hydrogens (tertiary/aromatic N) is 1. The second-order valence-corrected chi connectivity index (χ2v) is 10.2. The van der Waals surface area contributed by atoms with Gasteiger partial charge in [0.25, 0.3) is 0 Å². The third kappa shape index (κ3) is 7.16. The topological polar surface area (TPSA) is 78.5 Å². The molecule has 168 valence electrons. The van der Waals surface area contributed by atoms with Crippen LogP contribution in [0.25, 0.3) is 0 Å². The van der Waals surface area contributed by atoms with Gasteiger partial charge in [-0.1, -0.05) is 42.0 Å². The summed E-state index contributed by atoms with van der Waals surface area (Å²) in [6.45, 7) is 6.97. The van der Waals surface area contributed by atoms with E-state index < -0.39 is 10.0 Å². The zero-order chi connectivity index (χ0) is 22.3. The Kier molecular flexibility index (Phi) is 8.23. The van der Waals surface area contributed by atoms with Crippen LogP contribution >= 0.6 is 0 Å².